The zero-order valence-corrected chi connectivity index (χ0v) is 23.5. The Morgan fingerprint density at radius 3 is 1.89 bits per heavy atom. The van der Waals surface area contributed by atoms with Gasteiger partial charge in [-0.05, 0) is 37.8 Å². The van der Waals surface area contributed by atoms with Gasteiger partial charge < -0.3 is 23.7 Å². The number of esters is 1. The molecule has 2 fully saturated rings. The highest BCUT2D eigenvalue weighted by Gasteiger charge is 2.30. The summed E-state index contributed by atoms with van der Waals surface area (Å²) in [6, 6.07) is 2.25. The Kier molecular flexibility index (Phi) is 11.2. The minimum Gasteiger partial charge on any atom is -0.461 e. The van der Waals surface area contributed by atoms with E-state index >= 15 is 4.39 Å². The molecule has 0 aliphatic heterocycles. The lowest BCUT2D eigenvalue weighted by atomic mass is 10.1. The van der Waals surface area contributed by atoms with E-state index in [2.05, 4.69) is 0 Å². The largest absolute Gasteiger partial charge is 0.461 e. The highest BCUT2D eigenvalue weighted by Crippen LogP contribution is 2.37. The van der Waals surface area contributed by atoms with Crippen molar-refractivity contribution in [2.45, 2.75) is 104 Å². The van der Waals surface area contributed by atoms with Crippen LogP contribution in [0.15, 0.2) is 12.1 Å². The Morgan fingerprint density at radius 1 is 0.921 bits per heavy atom. The first kappa shape index (κ1) is 30.6. The summed E-state index contributed by atoms with van der Waals surface area (Å²) in [6.45, 7) is 7.09. The van der Waals surface area contributed by atoms with Crippen molar-refractivity contribution in [1.29, 1.82) is 0 Å². The molecule has 3 rings (SSSR count). The lowest BCUT2D eigenvalue weighted by Crippen LogP contribution is -2.33. The molecule has 0 heterocycles. The lowest BCUT2D eigenvalue weighted by molar-refractivity contribution is -0.152. The third-order valence-electron chi connectivity index (χ3n) is 6.64. The van der Waals surface area contributed by atoms with Gasteiger partial charge in [0.25, 0.3) is 10.1 Å². The fraction of sp³-hybridized carbons (Fsp3) is 0.741. The van der Waals surface area contributed by atoms with E-state index in [1.807, 2.05) is 27.7 Å². The smallest absolute Gasteiger partial charge is 0.338 e. The molecule has 216 valence electrons. The van der Waals surface area contributed by atoms with Crippen molar-refractivity contribution in [3.63, 3.8) is 0 Å². The van der Waals surface area contributed by atoms with E-state index in [9.17, 15) is 13.2 Å². The summed E-state index contributed by atoms with van der Waals surface area (Å²) in [5.74, 6) is -3.01. The van der Waals surface area contributed by atoms with Crippen molar-refractivity contribution in [1.82, 2.24) is 0 Å². The normalized spacial score (nSPS) is 18.7. The third-order valence-corrected chi connectivity index (χ3v) is 7.33. The van der Waals surface area contributed by atoms with Crippen LogP contribution in [0.2, 0.25) is 0 Å². The Hall–Kier alpha value is -1.95. The van der Waals surface area contributed by atoms with E-state index in [1.165, 1.54) is 6.07 Å². The second-order valence-electron chi connectivity index (χ2n) is 10.8. The summed E-state index contributed by atoms with van der Waals surface area (Å²) in [4.78, 5) is 12.6. The van der Waals surface area contributed by atoms with Gasteiger partial charge in [-0.3, -0.25) is 4.55 Å². The van der Waals surface area contributed by atoms with E-state index in [-0.39, 0.29) is 41.1 Å². The summed E-state index contributed by atoms with van der Waals surface area (Å²) < 4.78 is 75.8. The van der Waals surface area contributed by atoms with Crippen LogP contribution in [0, 0.1) is 17.7 Å². The maximum absolute atomic E-state index is 15.5. The monoisotopic (exact) mass is 560 g/mol. The lowest BCUT2D eigenvalue weighted by Gasteiger charge is -2.30. The summed E-state index contributed by atoms with van der Waals surface area (Å²) >= 11 is 0. The van der Waals surface area contributed by atoms with Crippen LogP contribution < -0.4 is 9.47 Å². The molecule has 2 unspecified atom stereocenters. The van der Waals surface area contributed by atoms with Crippen molar-refractivity contribution in [3.05, 3.63) is 23.5 Å². The second-order valence-corrected chi connectivity index (χ2v) is 12.3. The van der Waals surface area contributed by atoms with E-state index in [1.54, 1.807) is 0 Å². The predicted molar refractivity (Wildman–Crippen MR) is 138 cm³/mol. The predicted octanol–water partition coefficient (Wildman–Crippen LogP) is 5.51. The number of halogens is 1. The molecule has 0 bridgehead atoms. The van der Waals surface area contributed by atoms with E-state index in [0.717, 1.165) is 57.4 Å². The van der Waals surface area contributed by atoms with E-state index < -0.39 is 46.8 Å². The van der Waals surface area contributed by atoms with Crippen molar-refractivity contribution < 1.29 is 45.8 Å². The molecule has 2 saturated carbocycles. The summed E-state index contributed by atoms with van der Waals surface area (Å²) in [6.07, 6.45) is 6.52. The van der Waals surface area contributed by atoms with Crippen LogP contribution in [0.1, 0.15) is 89.4 Å². The van der Waals surface area contributed by atoms with Crippen LogP contribution in [0.25, 0.3) is 0 Å². The van der Waals surface area contributed by atoms with Gasteiger partial charge >= 0.3 is 5.97 Å². The van der Waals surface area contributed by atoms with Crippen LogP contribution in [0.4, 0.5) is 4.39 Å². The molecule has 0 spiro atoms. The molecule has 2 aliphatic rings. The Labute approximate surface area is 225 Å². The first-order chi connectivity index (χ1) is 17.9. The number of benzene rings is 1. The number of hydrogen-bond donors (Lipinski definition) is 1. The van der Waals surface area contributed by atoms with Gasteiger partial charge in [0.1, 0.15) is 12.4 Å². The number of ether oxygens (including phenoxy) is 5. The van der Waals surface area contributed by atoms with Gasteiger partial charge in [-0.15, -0.1) is 0 Å². The molecule has 2 aliphatic carbocycles. The van der Waals surface area contributed by atoms with Crippen molar-refractivity contribution in [2.24, 2.45) is 11.8 Å². The summed E-state index contributed by atoms with van der Waals surface area (Å²) in [5, 5.41) is 0. The first-order valence-electron chi connectivity index (χ1n) is 13.5. The zero-order chi connectivity index (χ0) is 27.9. The van der Waals surface area contributed by atoms with Crippen LogP contribution in [0.5, 0.6) is 11.5 Å². The highest BCUT2D eigenvalue weighted by atomic mass is 32.2. The Bertz CT molecular complexity index is 1020. The Morgan fingerprint density at radius 2 is 1.42 bits per heavy atom. The molecule has 11 heteroatoms. The van der Waals surface area contributed by atoms with Gasteiger partial charge in [-0.1, -0.05) is 53.4 Å². The van der Waals surface area contributed by atoms with Gasteiger partial charge in [0.15, 0.2) is 11.6 Å². The van der Waals surface area contributed by atoms with Crippen molar-refractivity contribution in [3.8, 4) is 11.5 Å². The fourth-order valence-corrected chi connectivity index (χ4v) is 4.82. The van der Waals surface area contributed by atoms with Crippen molar-refractivity contribution >= 4 is 16.1 Å². The maximum atomic E-state index is 15.5. The minimum absolute atomic E-state index is 0.0271. The number of carbonyl (C=O) groups is 1. The Balaban J connectivity index is 1.88. The second kappa shape index (κ2) is 13.9. The van der Waals surface area contributed by atoms with Crippen LogP contribution in [-0.2, 0) is 24.3 Å². The average molecular weight is 561 g/mol. The van der Waals surface area contributed by atoms with Crippen molar-refractivity contribution in [2.75, 3.05) is 12.4 Å². The molecular formula is C27H41FO9S. The topological polar surface area (TPSA) is 118 Å². The molecule has 1 aromatic carbocycles. The van der Waals surface area contributed by atoms with Crippen LogP contribution in [-0.4, -0.2) is 56.1 Å². The minimum atomic E-state index is -4.32. The van der Waals surface area contributed by atoms with E-state index in [4.69, 9.17) is 28.2 Å². The molecule has 0 saturated heterocycles. The van der Waals surface area contributed by atoms with Gasteiger partial charge in [-0.2, -0.15) is 8.42 Å². The standard InChI is InChI=1S/C27H41FO9S/c1-17(2)26(34-20-9-5-6-10-20)36-23-16-19(25(29)33-13-14-38(30,31)32)15-22(28)24(23)37-27(18(3)4)35-21-11-7-8-12-21/h15-18,20-21,26-27H,5-14H2,1-4H3,(H,30,31,32). The number of hydrogen-bond acceptors (Lipinski definition) is 8. The fourth-order valence-electron chi connectivity index (χ4n) is 4.52. The number of rotatable bonds is 14. The molecule has 1 N–H and O–H groups in total. The van der Waals surface area contributed by atoms with Gasteiger partial charge in [0.2, 0.25) is 18.3 Å². The summed E-state index contributed by atoms with van der Waals surface area (Å²) in [7, 11) is -4.32. The SMILES string of the molecule is CC(C)C(Oc1cc(C(=O)OCCS(=O)(=O)O)cc(F)c1OC(OC1CCCC1)C(C)C)OC1CCCC1. The molecule has 0 aromatic heterocycles. The third kappa shape index (κ3) is 9.36. The zero-order valence-electron chi connectivity index (χ0n) is 22.7. The first-order valence-corrected chi connectivity index (χ1v) is 15.1. The summed E-state index contributed by atoms with van der Waals surface area (Å²) in [5.41, 5.74) is -0.193. The quantitative estimate of drug-likeness (QED) is 0.178. The highest BCUT2D eigenvalue weighted by molar-refractivity contribution is 7.85. The molecule has 0 radical (unpaired) electrons. The molecular weight excluding hydrogens is 519 g/mol. The van der Waals surface area contributed by atoms with E-state index in [0.29, 0.717) is 0 Å². The average Bonchev–Trinajstić information content (AvgIpc) is 3.53. The van der Waals surface area contributed by atoms with Gasteiger partial charge in [-0.25, -0.2) is 9.18 Å². The molecule has 9 nitrogen and oxygen atoms in total. The number of carbonyl (C=O) groups excluding carboxylic acids is 1. The van der Waals surface area contributed by atoms with Crippen LogP contribution in [0.3, 0.4) is 0 Å². The van der Waals surface area contributed by atoms with Crippen LogP contribution >= 0.6 is 0 Å². The molecule has 2 atom stereocenters. The molecule has 38 heavy (non-hydrogen) atoms. The van der Waals surface area contributed by atoms with Gasteiger partial charge in [0.05, 0.1) is 17.8 Å². The maximum Gasteiger partial charge on any atom is 0.338 e. The molecule has 0 amide bonds. The van der Waals surface area contributed by atoms with Gasteiger partial charge in [0, 0.05) is 11.8 Å². The molecule has 1 aromatic rings.